The highest BCUT2D eigenvalue weighted by Crippen LogP contribution is 2.38. The maximum atomic E-state index is 14.7. The third-order valence-corrected chi connectivity index (χ3v) is 9.62. The van der Waals surface area contributed by atoms with E-state index in [1.807, 2.05) is 88.4 Å². The largest absolute Gasteiger partial charge is 0.497 e. The molecule has 0 radical (unpaired) electrons. The molecule has 2 atom stereocenters. The van der Waals surface area contributed by atoms with Gasteiger partial charge in [-0.2, -0.15) is 0 Å². The zero-order valence-electron chi connectivity index (χ0n) is 24.6. The molecule has 4 aromatic carbocycles. The molecule has 5 heteroatoms. The first-order valence-electron chi connectivity index (χ1n) is 13.6. The van der Waals surface area contributed by atoms with Gasteiger partial charge in [-0.05, 0) is 85.3 Å². The van der Waals surface area contributed by atoms with E-state index < -0.39 is 20.3 Å². The zero-order chi connectivity index (χ0) is 29.6. The highest BCUT2D eigenvalue weighted by atomic mass is 32.2. The maximum absolute atomic E-state index is 14.7. The molecular weight excluding hydrogens is 528 g/mol. The summed E-state index contributed by atoms with van der Waals surface area (Å²) in [6.45, 7) is 8.17. The smallest absolute Gasteiger partial charge is 0.171 e. The van der Waals surface area contributed by atoms with E-state index in [2.05, 4.69) is 12.1 Å². The molecule has 0 spiro atoms. The Morgan fingerprint density at radius 2 is 0.927 bits per heavy atom. The maximum Gasteiger partial charge on any atom is 0.171 e. The van der Waals surface area contributed by atoms with E-state index in [1.165, 1.54) is 0 Å². The first-order valence-corrected chi connectivity index (χ1v) is 15.2. The molecule has 4 nitrogen and oxygen atoms in total. The first kappa shape index (κ1) is 29.9. The molecule has 0 heterocycles. The molecule has 0 fully saturated rings. The van der Waals surface area contributed by atoms with Crippen LogP contribution in [0.15, 0.2) is 97.1 Å². The molecule has 0 bridgehead atoms. The summed E-state index contributed by atoms with van der Waals surface area (Å²) in [5.74, 6) is 1.34. The van der Waals surface area contributed by atoms with Crippen molar-refractivity contribution in [1.29, 1.82) is 0 Å². The molecule has 0 amide bonds. The van der Waals surface area contributed by atoms with Crippen molar-refractivity contribution >= 4 is 22.0 Å². The number of methoxy groups -OCH3 is 2. The van der Waals surface area contributed by atoms with Gasteiger partial charge >= 0.3 is 0 Å². The van der Waals surface area contributed by atoms with E-state index in [9.17, 15) is 8.42 Å². The Morgan fingerprint density at radius 3 is 1.24 bits per heavy atom. The predicted molar refractivity (Wildman–Crippen MR) is 170 cm³/mol. The summed E-state index contributed by atoms with van der Waals surface area (Å²) in [7, 11) is -0.650. The Balaban J connectivity index is 1.86. The van der Waals surface area contributed by atoms with Crippen molar-refractivity contribution in [3.8, 4) is 11.5 Å². The third kappa shape index (κ3) is 7.17. The minimum atomic E-state index is -3.85. The summed E-state index contributed by atoms with van der Waals surface area (Å²) >= 11 is 0. The average Bonchev–Trinajstić information content (AvgIpc) is 2.95. The SMILES string of the molecule is COc1ccc(C(/C=C/c2ccc(C)cc2C)S(=O)(=O)C(/C=C/c2ccc(C)cc2C)c2ccc(OC)cc2)cc1. The fourth-order valence-electron chi connectivity index (χ4n) is 4.97. The van der Waals surface area contributed by atoms with Crippen LogP contribution >= 0.6 is 0 Å². The molecule has 2 unspecified atom stereocenters. The van der Waals surface area contributed by atoms with Crippen LogP contribution in [0.1, 0.15) is 55.0 Å². The number of rotatable bonds is 10. The minimum Gasteiger partial charge on any atom is -0.497 e. The lowest BCUT2D eigenvalue weighted by Gasteiger charge is -2.22. The monoisotopic (exact) mass is 566 g/mol. The number of benzene rings is 4. The quantitative estimate of drug-likeness (QED) is 0.193. The molecule has 0 saturated heterocycles. The molecule has 0 N–H and O–H groups in total. The van der Waals surface area contributed by atoms with Crippen LogP contribution in [0.5, 0.6) is 11.5 Å². The topological polar surface area (TPSA) is 52.6 Å². The number of sulfone groups is 1. The van der Waals surface area contributed by atoms with Gasteiger partial charge in [-0.25, -0.2) is 8.42 Å². The normalized spacial score (nSPS) is 13.4. The summed E-state index contributed by atoms with van der Waals surface area (Å²) in [5.41, 5.74) is 7.81. The molecular formula is C36H38O4S. The van der Waals surface area contributed by atoms with Gasteiger partial charge in [-0.3, -0.25) is 0 Å². The highest BCUT2D eigenvalue weighted by molar-refractivity contribution is 7.92. The van der Waals surface area contributed by atoms with Crippen molar-refractivity contribution in [2.45, 2.75) is 38.2 Å². The fraction of sp³-hybridized carbons (Fsp3) is 0.222. The number of aryl methyl sites for hydroxylation is 4. The van der Waals surface area contributed by atoms with Crippen molar-refractivity contribution in [1.82, 2.24) is 0 Å². The third-order valence-electron chi connectivity index (χ3n) is 7.35. The molecule has 0 aliphatic carbocycles. The van der Waals surface area contributed by atoms with Crippen LogP contribution in [0, 0.1) is 27.7 Å². The average molecular weight is 567 g/mol. The van der Waals surface area contributed by atoms with E-state index in [1.54, 1.807) is 50.6 Å². The van der Waals surface area contributed by atoms with Crippen LogP contribution in [-0.4, -0.2) is 22.6 Å². The lowest BCUT2D eigenvalue weighted by atomic mass is 10.0. The van der Waals surface area contributed by atoms with Crippen LogP contribution < -0.4 is 9.47 Å². The Hall–Kier alpha value is -4.09. The van der Waals surface area contributed by atoms with E-state index in [4.69, 9.17) is 9.47 Å². The Bertz CT molecular complexity index is 1530. The van der Waals surface area contributed by atoms with E-state index >= 15 is 0 Å². The summed E-state index contributed by atoms with van der Waals surface area (Å²) in [5, 5.41) is -1.80. The van der Waals surface area contributed by atoms with Crippen LogP contribution in [-0.2, 0) is 9.84 Å². The molecule has 0 aliphatic rings. The van der Waals surface area contributed by atoms with Crippen molar-refractivity contribution in [2.24, 2.45) is 0 Å². The second-order valence-corrected chi connectivity index (χ2v) is 12.6. The van der Waals surface area contributed by atoms with E-state index in [0.29, 0.717) is 22.6 Å². The molecule has 0 aliphatic heterocycles. The molecule has 212 valence electrons. The summed E-state index contributed by atoms with van der Waals surface area (Å²) < 4.78 is 40.1. The molecule has 4 aromatic rings. The first-order chi connectivity index (χ1) is 19.6. The second-order valence-electron chi connectivity index (χ2n) is 10.4. The van der Waals surface area contributed by atoms with Gasteiger partial charge in [0, 0.05) is 0 Å². The van der Waals surface area contributed by atoms with Gasteiger partial charge in [0.25, 0.3) is 0 Å². The minimum absolute atomic E-state index is 0.671. The van der Waals surface area contributed by atoms with Gasteiger partial charge in [0.1, 0.15) is 22.0 Å². The standard InChI is InChI=1S/C36H38O4S/c1-25-7-9-29(27(3)23-25)15-21-35(31-11-17-33(39-5)18-12-31)41(37,38)36(32-13-19-34(40-6)20-14-32)22-16-30-10-8-26(2)24-28(30)4/h7-24,35-36H,1-6H3/b21-15+,22-16+. The molecule has 0 saturated carbocycles. The molecule has 4 rings (SSSR count). The number of ether oxygens (including phenoxy) is 2. The van der Waals surface area contributed by atoms with Crippen molar-refractivity contribution in [2.75, 3.05) is 14.2 Å². The van der Waals surface area contributed by atoms with Gasteiger partial charge in [-0.15, -0.1) is 0 Å². The van der Waals surface area contributed by atoms with E-state index in [0.717, 1.165) is 33.4 Å². The zero-order valence-corrected chi connectivity index (χ0v) is 25.4. The van der Waals surface area contributed by atoms with Crippen molar-refractivity contribution < 1.29 is 17.9 Å². The Labute approximate surface area is 244 Å². The summed E-state index contributed by atoms with van der Waals surface area (Å²) in [6.07, 6.45) is 7.44. The summed E-state index contributed by atoms with van der Waals surface area (Å²) in [6, 6.07) is 26.8. The Kier molecular flexibility index (Phi) is 9.51. The lowest BCUT2D eigenvalue weighted by Crippen LogP contribution is -2.19. The van der Waals surface area contributed by atoms with Crippen molar-refractivity contribution in [3.63, 3.8) is 0 Å². The van der Waals surface area contributed by atoms with E-state index in [-0.39, 0.29) is 0 Å². The Morgan fingerprint density at radius 1 is 0.561 bits per heavy atom. The van der Waals surface area contributed by atoms with Crippen LogP contribution in [0.4, 0.5) is 0 Å². The van der Waals surface area contributed by atoms with Crippen LogP contribution in [0.25, 0.3) is 12.2 Å². The van der Waals surface area contributed by atoms with Gasteiger partial charge in [0.05, 0.1) is 14.2 Å². The van der Waals surface area contributed by atoms with Crippen LogP contribution in [0.2, 0.25) is 0 Å². The van der Waals surface area contributed by atoms with Gasteiger partial charge < -0.3 is 9.47 Å². The molecule has 0 aromatic heterocycles. The van der Waals surface area contributed by atoms with Crippen molar-refractivity contribution in [3.05, 3.63) is 142 Å². The lowest BCUT2D eigenvalue weighted by molar-refractivity contribution is 0.414. The fourth-order valence-corrected chi connectivity index (χ4v) is 6.96. The predicted octanol–water partition coefficient (Wildman–Crippen LogP) is 8.56. The van der Waals surface area contributed by atoms with Gasteiger partial charge in [0.2, 0.25) is 0 Å². The highest BCUT2D eigenvalue weighted by Gasteiger charge is 2.33. The summed E-state index contributed by atoms with van der Waals surface area (Å²) in [4.78, 5) is 0. The number of hydrogen-bond acceptors (Lipinski definition) is 4. The number of hydrogen-bond donors (Lipinski definition) is 0. The van der Waals surface area contributed by atoms with Gasteiger partial charge in [0.15, 0.2) is 9.84 Å². The van der Waals surface area contributed by atoms with Gasteiger partial charge in [-0.1, -0.05) is 96.1 Å². The second kappa shape index (κ2) is 13.0. The van der Waals surface area contributed by atoms with Crippen LogP contribution in [0.3, 0.4) is 0 Å². The molecule has 41 heavy (non-hydrogen) atoms.